The molecule has 2 aromatic carbocycles. The number of hydrogen-bond donors (Lipinski definition) is 0. The van der Waals surface area contributed by atoms with Crippen LogP contribution in [0.5, 0.6) is 0 Å². The van der Waals surface area contributed by atoms with Gasteiger partial charge in [-0.2, -0.15) is 5.26 Å². The summed E-state index contributed by atoms with van der Waals surface area (Å²) in [5.41, 5.74) is 1.37. The summed E-state index contributed by atoms with van der Waals surface area (Å²) < 4.78 is 14.4. The van der Waals surface area contributed by atoms with Gasteiger partial charge < -0.3 is 0 Å². The Kier molecular flexibility index (Phi) is 4.31. The Balaban J connectivity index is 2.48. The number of nitriles is 1. The monoisotopic (exact) mass is 331 g/mol. The molecule has 0 spiro atoms. The molecule has 2 nitrogen and oxygen atoms in total. The highest BCUT2D eigenvalue weighted by Gasteiger charge is 2.25. The van der Waals surface area contributed by atoms with Crippen LogP contribution in [0.2, 0.25) is 0 Å². The highest BCUT2D eigenvalue weighted by molar-refractivity contribution is 9.10. The maximum Gasteiger partial charge on any atom is 0.187 e. The molecule has 4 heteroatoms. The minimum atomic E-state index is -1.00. The molecule has 0 bridgehead atoms. The fourth-order valence-corrected chi connectivity index (χ4v) is 2.38. The summed E-state index contributed by atoms with van der Waals surface area (Å²) in [6.07, 6.45) is 0. The van der Waals surface area contributed by atoms with Gasteiger partial charge in [-0.05, 0) is 36.2 Å². The van der Waals surface area contributed by atoms with E-state index in [-0.39, 0.29) is 5.56 Å². The van der Waals surface area contributed by atoms with Gasteiger partial charge in [0, 0.05) is 4.47 Å². The smallest absolute Gasteiger partial charge is 0.187 e. The molecule has 0 amide bonds. The average molecular weight is 332 g/mol. The molecule has 100 valence electrons. The Labute approximate surface area is 125 Å². The summed E-state index contributed by atoms with van der Waals surface area (Å²) in [5.74, 6) is -2.15. The van der Waals surface area contributed by atoms with Crippen LogP contribution in [0.4, 0.5) is 4.39 Å². The zero-order valence-electron chi connectivity index (χ0n) is 10.7. The molecule has 0 aliphatic carbocycles. The summed E-state index contributed by atoms with van der Waals surface area (Å²) in [7, 11) is 0. The van der Waals surface area contributed by atoms with Gasteiger partial charge in [-0.15, -0.1) is 0 Å². The highest BCUT2D eigenvalue weighted by Crippen LogP contribution is 2.26. The predicted molar refractivity (Wildman–Crippen MR) is 78.0 cm³/mol. The van der Waals surface area contributed by atoms with Crippen molar-refractivity contribution in [2.75, 3.05) is 0 Å². The SMILES string of the molecule is Cc1ccccc1C(C#N)C(=O)c1cc(Br)ccc1F. The van der Waals surface area contributed by atoms with Crippen molar-refractivity contribution in [1.29, 1.82) is 5.26 Å². The van der Waals surface area contributed by atoms with Gasteiger partial charge in [0.15, 0.2) is 5.78 Å². The number of nitrogens with zero attached hydrogens (tertiary/aromatic N) is 1. The number of halogens is 2. The molecular weight excluding hydrogens is 321 g/mol. The minimum Gasteiger partial charge on any atom is -0.292 e. The molecule has 20 heavy (non-hydrogen) atoms. The zero-order valence-corrected chi connectivity index (χ0v) is 12.3. The first-order valence-corrected chi connectivity index (χ1v) is 6.78. The second-order valence-corrected chi connectivity index (χ2v) is 5.32. The molecule has 0 aromatic heterocycles. The van der Waals surface area contributed by atoms with Crippen molar-refractivity contribution < 1.29 is 9.18 Å². The van der Waals surface area contributed by atoms with Crippen LogP contribution in [-0.2, 0) is 0 Å². The Morgan fingerprint density at radius 3 is 2.65 bits per heavy atom. The second-order valence-electron chi connectivity index (χ2n) is 4.41. The lowest BCUT2D eigenvalue weighted by Gasteiger charge is -2.12. The van der Waals surface area contributed by atoms with Crippen LogP contribution >= 0.6 is 15.9 Å². The van der Waals surface area contributed by atoms with Crippen molar-refractivity contribution in [3.63, 3.8) is 0 Å². The van der Waals surface area contributed by atoms with Crippen LogP contribution in [0.15, 0.2) is 46.9 Å². The molecule has 0 radical (unpaired) electrons. The minimum absolute atomic E-state index is 0.0748. The van der Waals surface area contributed by atoms with E-state index in [1.54, 1.807) is 12.1 Å². The van der Waals surface area contributed by atoms with E-state index in [2.05, 4.69) is 15.9 Å². The molecule has 0 N–H and O–H groups in total. The standard InChI is InChI=1S/C16H11BrFNO/c1-10-4-2-3-5-12(10)14(9-19)16(20)13-8-11(17)6-7-15(13)18/h2-8,14H,1H3. The molecule has 1 atom stereocenters. The number of ketones is 1. The summed E-state index contributed by atoms with van der Waals surface area (Å²) in [5, 5.41) is 9.29. The van der Waals surface area contributed by atoms with Gasteiger partial charge in [-0.25, -0.2) is 4.39 Å². The van der Waals surface area contributed by atoms with Crippen molar-refractivity contribution in [1.82, 2.24) is 0 Å². The van der Waals surface area contributed by atoms with E-state index in [1.807, 2.05) is 25.1 Å². The number of rotatable bonds is 3. The maximum atomic E-state index is 13.8. The van der Waals surface area contributed by atoms with E-state index in [1.165, 1.54) is 18.2 Å². The van der Waals surface area contributed by atoms with Gasteiger partial charge in [0.05, 0.1) is 11.6 Å². The van der Waals surface area contributed by atoms with Crippen LogP contribution in [-0.4, -0.2) is 5.78 Å². The fraction of sp³-hybridized carbons (Fsp3) is 0.125. The third-order valence-electron chi connectivity index (χ3n) is 3.08. The van der Waals surface area contributed by atoms with Gasteiger partial charge >= 0.3 is 0 Å². The molecule has 0 saturated heterocycles. The highest BCUT2D eigenvalue weighted by atomic mass is 79.9. The number of carbonyl (C=O) groups excluding carboxylic acids is 1. The Morgan fingerprint density at radius 1 is 1.30 bits per heavy atom. The van der Waals surface area contributed by atoms with Crippen molar-refractivity contribution >= 4 is 21.7 Å². The normalized spacial score (nSPS) is 11.7. The lowest BCUT2D eigenvalue weighted by Crippen LogP contribution is -2.14. The Hall–Kier alpha value is -1.99. The summed E-state index contributed by atoms with van der Waals surface area (Å²) in [6, 6.07) is 13.2. The fourth-order valence-electron chi connectivity index (χ4n) is 2.02. The molecule has 0 aliphatic rings. The van der Waals surface area contributed by atoms with Crippen molar-refractivity contribution in [3.8, 4) is 6.07 Å². The third kappa shape index (κ3) is 2.78. The van der Waals surface area contributed by atoms with Crippen molar-refractivity contribution in [3.05, 3.63) is 69.4 Å². The van der Waals surface area contributed by atoms with Crippen LogP contribution in [0.3, 0.4) is 0 Å². The van der Waals surface area contributed by atoms with E-state index in [0.717, 1.165) is 5.56 Å². The molecule has 0 aliphatic heterocycles. The Bertz CT molecular complexity index is 706. The van der Waals surface area contributed by atoms with Crippen molar-refractivity contribution in [2.24, 2.45) is 0 Å². The first-order chi connectivity index (χ1) is 9.54. The summed E-state index contributed by atoms with van der Waals surface area (Å²) in [6.45, 7) is 1.82. The summed E-state index contributed by atoms with van der Waals surface area (Å²) >= 11 is 3.20. The first kappa shape index (κ1) is 14.4. The van der Waals surface area contributed by atoms with Gasteiger partial charge in [0.25, 0.3) is 0 Å². The number of benzene rings is 2. The van der Waals surface area contributed by atoms with E-state index < -0.39 is 17.5 Å². The topological polar surface area (TPSA) is 40.9 Å². The molecule has 1 unspecified atom stereocenters. The molecule has 0 heterocycles. The van der Waals surface area contributed by atoms with E-state index >= 15 is 0 Å². The van der Waals surface area contributed by atoms with Crippen LogP contribution in [0, 0.1) is 24.1 Å². The van der Waals surface area contributed by atoms with Crippen LogP contribution in [0.1, 0.15) is 27.4 Å². The first-order valence-electron chi connectivity index (χ1n) is 5.99. The lowest BCUT2D eigenvalue weighted by atomic mass is 9.89. The van der Waals surface area contributed by atoms with E-state index in [0.29, 0.717) is 10.0 Å². The average Bonchev–Trinajstić information content (AvgIpc) is 2.44. The van der Waals surface area contributed by atoms with Crippen LogP contribution in [0.25, 0.3) is 0 Å². The maximum absolute atomic E-state index is 13.8. The predicted octanol–water partition coefficient (Wildman–Crippen LogP) is 4.39. The number of carbonyl (C=O) groups is 1. The van der Waals surface area contributed by atoms with E-state index in [4.69, 9.17) is 0 Å². The summed E-state index contributed by atoms with van der Waals surface area (Å²) in [4.78, 5) is 12.4. The molecule has 0 saturated carbocycles. The molecule has 0 fully saturated rings. The number of hydrogen-bond acceptors (Lipinski definition) is 2. The second kappa shape index (κ2) is 5.98. The quantitative estimate of drug-likeness (QED) is 0.783. The van der Waals surface area contributed by atoms with Gasteiger partial charge in [-0.1, -0.05) is 40.2 Å². The lowest BCUT2D eigenvalue weighted by molar-refractivity contribution is 0.0974. The van der Waals surface area contributed by atoms with Crippen LogP contribution < -0.4 is 0 Å². The third-order valence-corrected chi connectivity index (χ3v) is 3.58. The number of aryl methyl sites for hydroxylation is 1. The number of Topliss-reactive ketones (excluding diaryl/α,β-unsaturated/α-hetero) is 1. The van der Waals surface area contributed by atoms with Gasteiger partial charge in [0.1, 0.15) is 11.7 Å². The van der Waals surface area contributed by atoms with E-state index in [9.17, 15) is 14.4 Å². The largest absolute Gasteiger partial charge is 0.292 e. The van der Waals surface area contributed by atoms with Gasteiger partial charge in [-0.3, -0.25) is 4.79 Å². The van der Waals surface area contributed by atoms with Gasteiger partial charge in [0.2, 0.25) is 0 Å². The van der Waals surface area contributed by atoms with Crippen molar-refractivity contribution in [2.45, 2.75) is 12.8 Å². The molecular formula is C16H11BrFNO. The molecule has 2 rings (SSSR count). The zero-order chi connectivity index (χ0) is 14.7. The molecule has 2 aromatic rings. The Morgan fingerprint density at radius 2 is 2.00 bits per heavy atom.